The number of carbonyl (C=O) groups is 1. The average molecular weight is 309 g/mol. The molecule has 1 atom stereocenters. The summed E-state index contributed by atoms with van der Waals surface area (Å²) >= 11 is 0. The third-order valence-electron chi connectivity index (χ3n) is 3.57. The van der Waals surface area contributed by atoms with Crippen molar-refractivity contribution in [3.63, 3.8) is 0 Å². The molecule has 0 bridgehead atoms. The Morgan fingerprint density at radius 2 is 1.95 bits per heavy atom. The standard InChI is InChI=1S/C15H19NO4S/c1-11-4-8-14(9-5-11)21(18,19)16-12(2)6-7-13(16)10-15(17)20-3/h4-5,8-10,12H,6-7H2,1-3H3/b13-10+. The number of sulfonamides is 1. The van der Waals surface area contributed by atoms with E-state index < -0.39 is 16.0 Å². The van der Waals surface area contributed by atoms with Crippen LogP contribution in [0, 0.1) is 6.92 Å². The number of allylic oxidation sites excluding steroid dienone is 1. The lowest BCUT2D eigenvalue weighted by Gasteiger charge is -2.24. The molecule has 1 aromatic rings. The molecule has 0 radical (unpaired) electrons. The van der Waals surface area contributed by atoms with Crippen molar-refractivity contribution in [3.8, 4) is 0 Å². The van der Waals surface area contributed by atoms with Gasteiger partial charge in [-0.15, -0.1) is 0 Å². The van der Waals surface area contributed by atoms with Gasteiger partial charge in [-0.05, 0) is 38.8 Å². The van der Waals surface area contributed by atoms with Gasteiger partial charge in [-0.3, -0.25) is 4.31 Å². The molecule has 1 saturated heterocycles. The Labute approximate surface area is 125 Å². The van der Waals surface area contributed by atoms with Crippen LogP contribution in [0.2, 0.25) is 0 Å². The highest BCUT2D eigenvalue weighted by Crippen LogP contribution is 2.33. The number of carbonyl (C=O) groups excluding carboxylic acids is 1. The molecule has 1 fully saturated rings. The summed E-state index contributed by atoms with van der Waals surface area (Å²) < 4.78 is 31.5. The summed E-state index contributed by atoms with van der Waals surface area (Å²) in [7, 11) is -2.38. The fourth-order valence-electron chi connectivity index (χ4n) is 2.41. The van der Waals surface area contributed by atoms with Crippen LogP contribution < -0.4 is 0 Å². The number of nitrogens with zero attached hydrogens (tertiary/aromatic N) is 1. The molecule has 1 aliphatic heterocycles. The molecule has 1 unspecified atom stereocenters. The van der Waals surface area contributed by atoms with Gasteiger partial charge in [-0.25, -0.2) is 13.2 Å². The molecule has 0 aromatic heterocycles. The first-order valence-electron chi connectivity index (χ1n) is 6.76. The lowest BCUT2D eigenvalue weighted by Crippen LogP contribution is -2.33. The molecule has 1 aliphatic rings. The van der Waals surface area contributed by atoms with Crippen LogP contribution in [-0.4, -0.2) is 31.8 Å². The fourth-order valence-corrected chi connectivity index (χ4v) is 4.15. The summed E-state index contributed by atoms with van der Waals surface area (Å²) in [6.07, 6.45) is 2.49. The number of aryl methyl sites for hydroxylation is 1. The van der Waals surface area contributed by atoms with Gasteiger partial charge in [-0.1, -0.05) is 17.7 Å². The molecule has 2 rings (SSSR count). The van der Waals surface area contributed by atoms with Gasteiger partial charge in [0.2, 0.25) is 0 Å². The van der Waals surface area contributed by atoms with Crippen LogP contribution in [0.3, 0.4) is 0 Å². The normalized spacial score (nSPS) is 20.8. The van der Waals surface area contributed by atoms with Crippen LogP contribution in [0.25, 0.3) is 0 Å². The highest BCUT2D eigenvalue weighted by atomic mass is 32.2. The average Bonchev–Trinajstić information content (AvgIpc) is 2.80. The van der Waals surface area contributed by atoms with E-state index in [1.54, 1.807) is 24.3 Å². The number of hydrogen-bond acceptors (Lipinski definition) is 4. The summed E-state index contributed by atoms with van der Waals surface area (Å²) in [5.74, 6) is -0.539. The van der Waals surface area contributed by atoms with E-state index in [9.17, 15) is 13.2 Å². The minimum absolute atomic E-state index is 0.174. The van der Waals surface area contributed by atoms with Crippen molar-refractivity contribution >= 4 is 16.0 Å². The highest BCUT2D eigenvalue weighted by molar-refractivity contribution is 7.89. The van der Waals surface area contributed by atoms with Crippen molar-refractivity contribution in [2.24, 2.45) is 0 Å². The Balaban J connectivity index is 2.43. The van der Waals surface area contributed by atoms with Crippen LogP contribution >= 0.6 is 0 Å². The third kappa shape index (κ3) is 3.10. The molecule has 114 valence electrons. The Morgan fingerprint density at radius 1 is 1.33 bits per heavy atom. The van der Waals surface area contributed by atoms with Crippen molar-refractivity contribution in [2.45, 2.75) is 37.6 Å². The van der Waals surface area contributed by atoms with E-state index >= 15 is 0 Å². The maximum Gasteiger partial charge on any atom is 0.332 e. The number of ether oxygens (including phenoxy) is 1. The number of hydrogen-bond donors (Lipinski definition) is 0. The predicted octanol–water partition coefficient (Wildman–Crippen LogP) is 2.22. The van der Waals surface area contributed by atoms with Gasteiger partial charge < -0.3 is 4.74 Å². The van der Waals surface area contributed by atoms with Gasteiger partial charge in [0.1, 0.15) is 0 Å². The van der Waals surface area contributed by atoms with Gasteiger partial charge in [0.15, 0.2) is 0 Å². The van der Waals surface area contributed by atoms with Gasteiger partial charge in [0.25, 0.3) is 10.0 Å². The lowest BCUT2D eigenvalue weighted by atomic mass is 10.2. The maximum absolute atomic E-state index is 12.8. The van der Waals surface area contributed by atoms with Crippen LogP contribution in [0.4, 0.5) is 0 Å². The second-order valence-electron chi connectivity index (χ2n) is 5.16. The smallest absolute Gasteiger partial charge is 0.332 e. The molecule has 0 aliphatic carbocycles. The first kappa shape index (κ1) is 15.6. The Morgan fingerprint density at radius 3 is 2.52 bits per heavy atom. The molecular formula is C15H19NO4S. The molecule has 0 N–H and O–H groups in total. The monoisotopic (exact) mass is 309 g/mol. The van der Waals surface area contributed by atoms with Crippen LogP contribution in [-0.2, 0) is 19.6 Å². The zero-order valence-corrected chi connectivity index (χ0v) is 13.2. The quantitative estimate of drug-likeness (QED) is 0.634. The molecule has 0 spiro atoms. The summed E-state index contributed by atoms with van der Waals surface area (Å²) in [4.78, 5) is 11.6. The molecule has 5 nitrogen and oxygen atoms in total. The Bertz CT molecular complexity index is 661. The predicted molar refractivity (Wildman–Crippen MR) is 79.0 cm³/mol. The van der Waals surface area contributed by atoms with Gasteiger partial charge in [-0.2, -0.15) is 0 Å². The SMILES string of the molecule is COC(=O)/C=C1\CCC(C)N1S(=O)(=O)c1ccc(C)cc1. The topological polar surface area (TPSA) is 63.7 Å². The van der Waals surface area contributed by atoms with Crippen molar-refractivity contribution in [2.75, 3.05) is 7.11 Å². The zero-order valence-electron chi connectivity index (χ0n) is 12.4. The molecule has 1 heterocycles. The fraction of sp³-hybridized carbons (Fsp3) is 0.400. The summed E-state index contributed by atoms with van der Waals surface area (Å²) in [6.45, 7) is 3.74. The molecule has 0 saturated carbocycles. The third-order valence-corrected chi connectivity index (χ3v) is 5.55. The number of esters is 1. The van der Waals surface area contributed by atoms with E-state index in [0.717, 1.165) is 5.56 Å². The van der Waals surface area contributed by atoms with E-state index in [4.69, 9.17) is 0 Å². The molecule has 1 aromatic carbocycles. The van der Waals surface area contributed by atoms with E-state index in [0.29, 0.717) is 18.5 Å². The second kappa shape index (κ2) is 5.89. The van der Waals surface area contributed by atoms with Crippen molar-refractivity contribution in [1.29, 1.82) is 0 Å². The van der Waals surface area contributed by atoms with Gasteiger partial charge >= 0.3 is 5.97 Å². The lowest BCUT2D eigenvalue weighted by molar-refractivity contribution is -0.134. The molecule has 21 heavy (non-hydrogen) atoms. The Kier molecular flexibility index (Phi) is 4.37. The number of rotatable bonds is 3. The van der Waals surface area contributed by atoms with Gasteiger partial charge in [0.05, 0.1) is 12.0 Å². The van der Waals surface area contributed by atoms with Gasteiger partial charge in [0, 0.05) is 17.8 Å². The van der Waals surface area contributed by atoms with Crippen molar-refractivity contribution in [1.82, 2.24) is 4.31 Å². The summed E-state index contributed by atoms with van der Waals surface area (Å²) in [5, 5.41) is 0. The largest absolute Gasteiger partial charge is 0.466 e. The zero-order chi connectivity index (χ0) is 15.6. The van der Waals surface area contributed by atoms with Crippen LogP contribution in [0.15, 0.2) is 40.9 Å². The Hall–Kier alpha value is -1.82. The maximum atomic E-state index is 12.8. The minimum Gasteiger partial charge on any atom is -0.466 e. The number of methoxy groups -OCH3 is 1. The summed E-state index contributed by atoms with van der Waals surface area (Å²) in [6, 6.07) is 6.53. The number of benzene rings is 1. The van der Waals surface area contributed by atoms with Crippen molar-refractivity contribution in [3.05, 3.63) is 41.6 Å². The van der Waals surface area contributed by atoms with E-state index in [1.165, 1.54) is 17.5 Å². The van der Waals surface area contributed by atoms with Crippen molar-refractivity contribution < 1.29 is 17.9 Å². The minimum atomic E-state index is -3.65. The second-order valence-corrected chi connectivity index (χ2v) is 6.98. The van der Waals surface area contributed by atoms with E-state index in [1.807, 2.05) is 13.8 Å². The van der Waals surface area contributed by atoms with E-state index in [-0.39, 0.29) is 10.9 Å². The van der Waals surface area contributed by atoms with E-state index in [2.05, 4.69) is 4.74 Å². The first-order chi connectivity index (χ1) is 9.86. The summed E-state index contributed by atoms with van der Waals surface area (Å²) in [5.41, 5.74) is 1.48. The van der Waals surface area contributed by atoms with Crippen LogP contribution in [0.5, 0.6) is 0 Å². The molecule has 6 heteroatoms. The molecular weight excluding hydrogens is 290 g/mol. The van der Waals surface area contributed by atoms with Crippen LogP contribution in [0.1, 0.15) is 25.3 Å². The first-order valence-corrected chi connectivity index (χ1v) is 8.20. The molecule has 0 amide bonds. The highest BCUT2D eigenvalue weighted by Gasteiger charge is 2.35.